The van der Waals surface area contributed by atoms with Gasteiger partial charge in [-0.05, 0) is 24.3 Å². The Labute approximate surface area is 98.8 Å². The zero-order chi connectivity index (χ0) is 11.1. The highest BCUT2D eigenvalue weighted by Crippen LogP contribution is 2.29. The molecule has 1 aromatic carbocycles. The Morgan fingerprint density at radius 1 is 1.31 bits per heavy atom. The molecule has 1 aromatic heterocycles. The summed E-state index contributed by atoms with van der Waals surface area (Å²) in [5.74, 6) is 0. The van der Waals surface area contributed by atoms with Gasteiger partial charge in [-0.1, -0.05) is 11.6 Å². The van der Waals surface area contributed by atoms with Gasteiger partial charge in [0.25, 0.3) is 0 Å². The van der Waals surface area contributed by atoms with Gasteiger partial charge in [-0.2, -0.15) is 0 Å². The van der Waals surface area contributed by atoms with Gasteiger partial charge in [0.1, 0.15) is 0 Å². The lowest BCUT2D eigenvalue weighted by Gasteiger charge is -2.39. The van der Waals surface area contributed by atoms with Crippen LogP contribution in [0, 0.1) is 0 Å². The highest BCUT2D eigenvalue weighted by atomic mass is 35.5. The van der Waals surface area contributed by atoms with Gasteiger partial charge in [-0.3, -0.25) is 4.98 Å². The molecule has 2 N–H and O–H groups in total. The molecular formula is C12H12ClN3. The molecular weight excluding hydrogens is 222 g/mol. The van der Waals surface area contributed by atoms with Crippen LogP contribution in [0.15, 0.2) is 30.5 Å². The van der Waals surface area contributed by atoms with E-state index in [1.165, 1.54) is 5.69 Å². The van der Waals surface area contributed by atoms with Crippen molar-refractivity contribution in [2.24, 2.45) is 5.73 Å². The van der Waals surface area contributed by atoms with E-state index in [0.29, 0.717) is 6.04 Å². The monoisotopic (exact) mass is 233 g/mol. The van der Waals surface area contributed by atoms with Gasteiger partial charge in [-0.25, -0.2) is 0 Å². The summed E-state index contributed by atoms with van der Waals surface area (Å²) in [6.45, 7) is 1.84. The predicted octanol–water partition coefficient (Wildman–Crippen LogP) is 2.04. The minimum absolute atomic E-state index is 0.301. The molecule has 0 amide bonds. The van der Waals surface area contributed by atoms with Crippen LogP contribution < -0.4 is 10.6 Å². The zero-order valence-electron chi connectivity index (χ0n) is 8.73. The Morgan fingerprint density at radius 3 is 2.88 bits per heavy atom. The van der Waals surface area contributed by atoms with E-state index in [9.17, 15) is 0 Å². The number of nitrogens with zero attached hydrogens (tertiary/aromatic N) is 2. The number of halogens is 1. The molecule has 4 heteroatoms. The van der Waals surface area contributed by atoms with Crippen LogP contribution in [0.2, 0.25) is 5.02 Å². The average Bonchev–Trinajstić information content (AvgIpc) is 2.24. The van der Waals surface area contributed by atoms with E-state index >= 15 is 0 Å². The number of rotatable bonds is 1. The maximum absolute atomic E-state index is 5.95. The first kappa shape index (κ1) is 9.87. The first-order valence-electron chi connectivity index (χ1n) is 5.29. The number of fused-ring (bicyclic) bond motifs is 1. The summed E-state index contributed by atoms with van der Waals surface area (Å²) in [5, 5.41) is 1.86. The molecule has 16 heavy (non-hydrogen) atoms. The Hall–Kier alpha value is -1.32. The average molecular weight is 234 g/mol. The van der Waals surface area contributed by atoms with Crippen LogP contribution in [0.4, 0.5) is 5.69 Å². The van der Waals surface area contributed by atoms with Crippen molar-refractivity contribution in [1.29, 1.82) is 0 Å². The molecule has 2 aromatic rings. The van der Waals surface area contributed by atoms with Crippen LogP contribution in [0.25, 0.3) is 10.9 Å². The van der Waals surface area contributed by atoms with Gasteiger partial charge in [0.15, 0.2) is 0 Å². The molecule has 1 fully saturated rings. The third kappa shape index (κ3) is 1.52. The smallest absolute Gasteiger partial charge is 0.0737 e. The Morgan fingerprint density at radius 2 is 2.12 bits per heavy atom. The molecule has 82 valence electrons. The highest BCUT2D eigenvalue weighted by Gasteiger charge is 2.24. The van der Waals surface area contributed by atoms with Gasteiger partial charge in [0, 0.05) is 41.4 Å². The molecule has 3 nitrogen and oxygen atoms in total. The van der Waals surface area contributed by atoms with Crippen molar-refractivity contribution in [3.05, 3.63) is 35.5 Å². The number of pyridine rings is 1. The lowest BCUT2D eigenvalue weighted by molar-refractivity contribution is 0.521. The van der Waals surface area contributed by atoms with Crippen molar-refractivity contribution in [3.63, 3.8) is 0 Å². The fourth-order valence-electron chi connectivity index (χ4n) is 2.09. The molecule has 1 aliphatic rings. The van der Waals surface area contributed by atoms with Gasteiger partial charge in [0.05, 0.1) is 5.52 Å². The molecule has 0 atom stereocenters. The number of hydrogen-bond donors (Lipinski definition) is 1. The van der Waals surface area contributed by atoms with Gasteiger partial charge >= 0.3 is 0 Å². The second-order valence-electron chi connectivity index (χ2n) is 4.16. The number of aromatic nitrogens is 1. The number of benzene rings is 1. The van der Waals surface area contributed by atoms with Crippen molar-refractivity contribution in [1.82, 2.24) is 4.98 Å². The molecule has 0 bridgehead atoms. The minimum Gasteiger partial charge on any atom is -0.368 e. The fourth-order valence-corrected chi connectivity index (χ4v) is 2.26. The Kier molecular flexibility index (Phi) is 2.23. The first-order valence-corrected chi connectivity index (χ1v) is 5.66. The van der Waals surface area contributed by atoms with E-state index in [1.807, 2.05) is 30.5 Å². The van der Waals surface area contributed by atoms with Gasteiger partial charge in [-0.15, -0.1) is 0 Å². The number of anilines is 1. The summed E-state index contributed by atoms with van der Waals surface area (Å²) in [6, 6.07) is 8.14. The second kappa shape index (κ2) is 3.61. The second-order valence-corrected chi connectivity index (χ2v) is 4.59. The maximum atomic E-state index is 5.95. The molecule has 2 heterocycles. The van der Waals surface area contributed by atoms with E-state index in [0.717, 1.165) is 29.0 Å². The Bertz CT molecular complexity index is 535. The topological polar surface area (TPSA) is 42.1 Å². The lowest BCUT2D eigenvalue weighted by Crippen LogP contribution is -2.55. The normalized spacial score (nSPS) is 16.5. The van der Waals surface area contributed by atoms with Crippen molar-refractivity contribution >= 4 is 28.2 Å². The summed E-state index contributed by atoms with van der Waals surface area (Å²) in [7, 11) is 0. The highest BCUT2D eigenvalue weighted by molar-refractivity contribution is 6.31. The van der Waals surface area contributed by atoms with Crippen LogP contribution in [-0.4, -0.2) is 24.1 Å². The minimum atomic E-state index is 0.301. The van der Waals surface area contributed by atoms with Crippen LogP contribution in [0.3, 0.4) is 0 Å². The van der Waals surface area contributed by atoms with E-state index in [4.69, 9.17) is 17.3 Å². The quantitative estimate of drug-likeness (QED) is 0.820. The number of nitrogens with two attached hydrogens (primary N) is 1. The van der Waals surface area contributed by atoms with Gasteiger partial charge < -0.3 is 10.6 Å². The Balaban J connectivity index is 2.11. The largest absolute Gasteiger partial charge is 0.368 e. The third-order valence-corrected chi connectivity index (χ3v) is 3.17. The molecule has 0 radical (unpaired) electrons. The predicted molar refractivity (Wildman–Crippen MR) is 66.9 cm³/mol. The van der Waals surface area contributed by atoms with Crippen LogP contribution in [-0.2, 0) is 0 Å². The van der Waals surface area contributed by atoms with Crippen LogP contribution in [0.5, 0.6) is 0 Å². The summed E-state index contributed by atoms with van der Waals surface area (Å²) in [6.07, 6.45) is 1.82. The molecule has 1 saturated heterocycles. The van der Waals surface area contributed by atoms with Crippen LogP contribution in [0.1, 0.15) is 0 Å². The molecule has 0 unspecified atom stereocenters. The van der Waals surface area contributed by atoms with Gasteiger partial charge in [0.2, 0.25) is 0 Å². The standard InChI is InChI=1S/C12H12ClN3/c13-8-1-2-10-11(5-8)15-4-3-12(10)16-6-9(14)7-16/h1-5,9H,6-7,14H2. The van der Waals surface area contributed by atoms with Crippen molar-refractivity contribution in [2.45, 2.75) is 6.04 Å². The molecule has 0 spiro atoms. The molecule has 0 aliphatic carbocycles. The molecule has 3 rings (SSSR count). The molecule has 1 aliphatic heterocycles. The SMILES string of the molecule is NC1CN(c2ccnc3cc(Cl)ccc23)C1. The van der Waals surface area contributed by atoms with E-state index < -0.39 is 0 Å². The fraction of sp³-hybridized carbons (Fsp3) is 0.250. The maximum Gasteiger partial charge on any atom is 0.0737 e. The van der Waals surface area contributed by atoms with E-state index in [-0.39, 0.29) is 0 Å². The van der Waals surface area contributed by atoms with Crippen molar-refractivity contribution in [2.75, 3.05) is 18.0 Å². The lowest BCUT2D eigenvalue weighted by atomic mass is 10.1. The van der Waals surface area contributed by atoms with Crippen molar-refractivity contribution < 1.29 is 0 Å². The first-order chi connectivity index (χ1) is 7.74. The van der Waals surface area contributed by atoms with Crippen LogP contribution >= 0.6 is 11.6 Å². The zero-order valence-corrected chi connectivity index (χ0v) is 9.48. The summed E-state index contributed by atoms with van der Waals surface area (Å²) < 4.78 is 0. The number of hydrogen-bond acceptors (Lipinski definition) is 3. The third-order valence-electron chi connectivity index (χ3n) is 2.93. The van der Waals surface area contributed by atoms with E-state index in [2.05, 4.69) is 9.88 Å². The summed E-state index contributed by atoms with van der Waals surface area (Å²) in [5.41, 5.74) is 7.93. The summed E-state index contributed by atoms with van der Waals surface area (Å²) >= 11 is 5.95. The van der Waals surface area contributed by atoms with E-state index in [1.54, 1.807) is 0 Å². The van der Waals surface area contributed by atoms with Crippen molar-refractivity contribution in [3.8, 4) is 0 Å². The molecule has 0 saturated carbocycles. The summed E-state index contributed by atoms with van der Waals surface area (Å²) in [4.78, 5) is 6.59.